The fourth-order valence-corrected chi connectivity index (χ4v) is 2.79. The van der Waals surface area contributed by atoms with Crippen molar-refractivity contribution in [1.29, 1.82) is 0 Å². The lowest BCUT2D eigenvalue weighted by Crippen LogP contribution is -2.40. The van der Waals surface area contributed by atoms with Gasteiger partial charge in [-0.15, -0.1) is 0 Å². The molecule has 1 amide bonds. The molecule has 1 aromatic carbocycles. The van der Waals surface area contributed by atoms with Crippen molar-refractivity contribution >= 4 is 5.91 Å². The number of carbonyl (C=O) groups is 1. The molecular weight excluding hydrogens is 294 g/mol. The Bertz CT molecular complexity index is 634. The smallest absolute Gasteiger partial charge is 0.248 e. The average molecular weight is 315 g/mol. The molecule has 1 fully saturated rings. The number of aromatic nitrogens is 2. The molecule has 2 aromatic rings. The van der Waals surface area contributed by atoms with Gasteiger partial charge in [0.05, 0.1) is 6.61 Å². The number of nitrogens with zero attached hydrogens (tertiary/aromatic N) is 3. The zero-order chi connectivity index (χ0) is 16.1. The van der Waals surface area contributed by atoms with Gasteiger partial charge in [-0.05, 0) is 18.4 Å². The summed E-state index contributed by atoms with van der Waals surface area (Å²) in [5.74, 6) is 1.67. The van der Waals surface area contributed by atoms with Crippen LogP contribution in [0.15, 0.2) is 34.9 Å². The molecule has 1 aliphatic heterocycles. The number of piperidine rings is 1. The Morgan fingerprint density at radius 3 is 2.70 bits per heavy atom. The van der Waals surface area contributed by atoms with E-state index in [4.69, 9.17) is 9.26 Å². The summed E-state index contributed by atoms with van der Waals surface area (Å²) < 4.78 is 10.5. The molecule has 0 radical (unpaired) electrons. The number of hydrogen-bond donors (Lipinski definition) is 0. The zero-order valence-electron chi connectivity index (χ0n) is 13.3. The van der Waals surface area contributed by atoms with E-state index in [2.05, 4.69) is 10.1 Å². The van der Waals surface area contributed by atoms with E-state index in [0.717, 1.165) is 24.2 Å². The highest BCUT2D eigenvalue weighted by atomic mass is 16.5. The Labute approximate surface area is 135 Å². The van der Waals surface area contributed by atoms with Gasteiger partial charge < -0.3 is 14.2 Å². The van der Waals surface area contributed by atoms with E-state index in [1.165, 1.54) is 0 Å². The van der Waals surface area contributed by atoms with Crippen LogP contribution in [0, 0.1) is 6.92 Å². The number of ether oxygens (including phenoxy) is 1. The molecule has 23 heavy (non-hydrogen) atoms. The van der Waals surface area contributed by atoms with Crippen LogP contribution in [0.4, 0.5) is 0 Å². The van der Waals surface area contributed by atoms with E-state index < -0.39 is 0 Å². The minimum absolute atomic E-state index is 0.0451. The number of benzene rings is 1. The highest BCUT2D eigenvalue weighted by molar-refractivity contribution is 5.77. The second-order valence-corrected chi connectivity index (χ2v) is 5.81. The molecule has 0 unspecified atom stereocenters. The van der Waals surface area contributed by atoms with Gasteiger partial charge in [-0.2, -0.15) is 4.98 Å². The van der Waals surface area contributed by atoms with Gasteiger partial charge in [0.25, 0.3) is 0 Å². The predicted octanol–water partition coefficient (Wildman–Crippen LogP) is 2.30. The number of carbonyl (C=O) groups excluding carboxylic acids is 1. The van der Waals surface area contributed by atoms with Crippen molar-refractivity contribution in [2.24, 2.45) is 0 Å². The largest absolute Gasteiger partial charge is 0.367 e. The summed E-state index contributed by atoms with van der Waals surface area (Å²) in [7, 11) is 0. The van der Waals surface area contributed by atoms with Crippen LogP contribution >= 0.6 is 0 Å². The Balaban J connectivity index is 1.41. The van der Waals surface area contributed by atoms with Crippen LogP contribution in [0.5, 0.6) is 0 Å². The van der Waals surface area contributed by atoms with Gasteiger partial charge in [0.2, 0.25) is 11.8 Å². The SMILES string of the molecule is Cc1nc(C2CCN(C(=O)COCc3ccccc3)CC2)no1. The highest BCUT2D eigenvalue weighted by Gasteiger charge is 2.26. The van der Waals surface area contributed by atoms with Gasteiger partial charge in [0, 0.05) is 25.9 Å². The molecule has 0 aliphatic carbocycles. The van der Waals surface area contributed by atoms with Crippen molar-refractivity contribution in [3.63, 3.8) is 0 Å². The third-order valence-electron chi connectivity index (χ3n) is 4.09. The minimum atomic E-state index is 0.0451. The van der Waals surface area contributed by atoms with Crippen LogP contribution in [-0.2, 0) is 16.1 Å². The van der Waals surface area contributed by atoms with E-state index in [1.807, 2.05) is 35.2 Å². The molecule has 3 rings (SSSR count). The maximum atomic E-state index is 12.2. The maximum Gasteiger partial charge on any atom is 0.248 e. The number of hydrogen-bond acceptors (Lipinski definition) is 5. The summed E-state index contributed by atoms with van der Waals surface area (Å²) in [4.78, 5) is 18.3. The highest BCUT2D eigenvalue weighted by Crippen LogP contribution is 2.25. The monoisotopic (exact) mass is 315 g/mol. The Morgan fingerprint density at radius 2 is 2.04 bits per heavy atom. The molecule has 1 aromatic heterocycles. The number of likely N-dealkylation sites (tertiary alicyclic amines) is 1. The standard InChI is InChI=1S/C17H21N3O3/c1-13-18-17(19-23-13)15-7-9-20(10-8-15)16(21)12-22-11-14-5-3-2-4-6-14/h2-6,15H,7-12H2,1H3. The summed E-state index contributed by atoms with van der Waals surface area (Å²) >= 11 is 0. The van der Waals surface area contributed by atoms with E-state index in [1.54, 1.807) is 6.92 Å². The lowest BCUT2D eigenvalue weighted by Gasteiger charge is -2.30. The molecule has 122 valence electrons. The van der Waals surface area contributed by atoms with Gasteiger partial charge in [0.1, 0.15) is 6.61 Å². The average Bonchev–Trinajstić information content (AvgIpc) is 3.02. The predicted molar refractivity (Wildman–Crippen MR) is 83.7 cm³/mol. The third kappa shape index (κ3) is 4.16. The molecule has 0 saturated carbocycles. The first-order valence-electron chi connectivity index (χ1n) is 7.92. The molecular formula is C17H21N3O3. The Hall–Kier alpha value is -2.21. The summed E-state index contributed by atoms with van der Waals surface area (Å²) in [5, 5.41) is 3.98. The van der Waals surface area contributed by atoms with Crippen LogP contribution in [-0.4, -0.2) is 40.6 Å². The molecule has 2 heterocycles. The fourth-order valence-electron chi connectivity index (χ4n) is 2.79. The molecule has 1 aliphatic rings. The lowest BCUT2D eigenvalue weighted by molar-refractivity contribution is -0.137. The van der Waals surface area contributed by atoms with Gasteiger partial charge in [-0.25, -0.2) is 0 Å². The summed E-state index contributed by atoms with van der Waals surface area (Å²) in [6.45, 7) is 3.81. The van der Waals surface area contributed by atoms with Crippen molar-refractivity contribution in [1.82, 2.24) is 15.0 Å². The Morgan fingerprint density at radius 1 is 1.30 bits per heavy atom. The van der Waals surface area contributed by atoms with Crippen LogP contribution < -0.4 is 0 Å². The van der Waals surface area contributed by atoms with E-state index in [0.29, 0.717) is 25.6 Å². The first kappa shape index (κ1) is 15.7. The maximum absolute atomic E-state index is 12.2. The molecule has 0 atom stereocenters. The summed E-state index contributed by atoms with van der Waals surface area (Å²) in [6.07, 6.45) is 1.73. The van der Waals surface area contributed by atoms with E-state index in [-0.39, 0.29) is 18.4 Å². The molecule has 0 N–H and O–H groups in total. The second kappa shape index (κ2) is 7.37. The third-order valence-corrected chi connectivity index (χ3v) is 4.09. The first-order chi connectivity index (χ1) is 11.2. The molecule has 0 spiro atoms. The van der Waals surface area contributed by atoms with Crippen LogP contribution in [0.2, 0.25) is 0 Å². The topological polar surface area (TPSA) is 68.5 Å². The minimum Gasteiger partial charge on any atom is -0.367 e. The van der Waals surface area contributed by atoms with Gasteiger partial charge in [-0.1, -0.05) is 35.5 Å². The second-order valence-electron chi connectivity index (χ2n) is 5.81. The van der Waals surface area contributed by atoms with Crippen molar-refractivity contribution in [2.45, 2.75) is 32.3 Å². The Kier molecular flexibility index (Phi) is 5.02. The summed E-state index contributed by atoms with van der Waals surface area (Å²) in [6, 6.07) is 9.87. The molecule has 6 heteroatoms. The van der Waals surface area contributed by atoms with E-state index >= 15 is 0 Å². The van der Waals surface area contributed by atoms with Crippen LogP contribution in [0.3, 0.4) is 0 Å². The summed E-state index contributed by atoms with van der Waals surface area (Å²) in [5.41, 5.74) is 1.08. The quantitative estimate of drug-likeness (QED) is 0.847. The molecule has 1 saturated heterocycles. The number of amides is 1. The van der Waals surface area contributed by atoms with Crippen molar-refractivity contribution in [3.05, 3.63) is 47.6 Å². The van der Waals surface area contributed by atoms with Crippen LogP contribution in [0.1, 0.15) is 36.0 Å². The van der Waals surface area contributed by atoms with Crippen molar-refractivity contribution in [2.75, 3.05) is 19.7 Å². The van der Waals surface area contributed by atoms with Gasteiger partial charge >= 0.3 is 0 Å². The first-order valence-corrected chi connectivity index (χ1v) is 7.92. The van der Waals surface area contributed by atoms with Crippen molar-refractivity contribution < 1.29 is 14.1 Å². The number of rotatable bonds is 5. The lowest BCUT2D eigenvalue weighted by atomic mass is 9.96. The van der Waals surface area contributed by atoms with Gasteiger partial charge in [0.15, 0.2) is 5.82 Å². The van der Waals surface area contributed by atoms with E-state index in [9.17, 15) is 4.79 Å². The van der Waals surface area contributed by atoms with Crippen molar-refractivity contribution in [3.8, 4) is 0 Å². The zero-order valence-corrected chi connectivity index (χ0v) is 13.3. The number of aryl methyl sites for hydroxylation is 1. The molecule has 6 nitrogen and oxygen atoms in total. The molecule has 0 bridgehead atoms. The van der Waals surface area contributed by atoms with Gasteiger partial charge in [-0.3, -0.25) is 4.79 Å². The fraction of sp³-hybridized carbons (Fsp3) is 0.471. The van der Waals surface area contributed by atoms with Crippen LogP contribution in [0.25, 0.3) is 0 Å². The normalized spacial score (nSPS) is 15.8.